The maximum Gasteiger partial charge on any atom is 0.469 e. The first-order valence-corrected chi connectivity index (χ1v) is 8.91. The van der Waals surface area contributed by atoms with Crippen molar-refractivity contribution in [3.8, 4) is 0 Å². The molecule has 0 aromatic carbocycles. The van der Waals surface area contributed by atoms with Gasteiger partial charge in [0.1, 0.15) is 11.8 Å². The van der Waals surface area contributed by atoms with Crippen molar-refractivity contribution >= 4 is 50.5 Å². The lowest BCUT2D eigenvalue weighted by atomic mass is 10.1. The van der Waals surface area contributed by atoms with E-state index >= 15 is 0 Å². The van der Waals surface area contributed by atoms with Crippen molar-refractivity contribution in [2.45, 2.75) is 12.1 Å². The SMILES string of the molecule is Nc1nc2c(c(=O)[nH]1)NC(C(S)=C(S)C(O)COP(=O)(O)O)CN2. The van der Waals surface area contributed by atoms with Crippen LogP contribution in [0.25, 0.3) is 0 Å². The number of anilines is 3. The fraction of sp³-hybridized carbons (Fsp3) is 0.400. The van der Waals surface area contributed by atoms with Crippen molar-refractivity contribution in [1.29, 1.82) is 0 Å². The van der Waals surface area contributed by atoms with E-state index in [9.17, 15) is 14.5 Å². The fourth-order valence-electron chi connectivity index (χ4n) is 1.94. The lowest BCUT2D eigenvalue weighted by Crippen LogP contribution is -2.38. The molecule has 14 heteroatoms. The quantitative estimate of drug-likeness (QED) is 0.223. The van der Waals surface area contributed by atoms with Crippen molar-refractivity contribution in [3.05, 3.63) is 20.2 Å². The minimum atomic E-state index is -4.71. The van der Waals surface area contributed by atoms with E-state index in [0.717, 1.165) is 0 Å². The summed E-state index contributed by atoms with van der Waals surface area (Å²) in [6.07, 6.45) is -1.40. The van der Waals surface area contributed by atoms with E-state index in [2.05, 4.69) is 50.4 Å². The molecule has 1 aromatic rings. The molecule has 2 rings (SSSR count). The Bertz CT molecular complexity index is 765. The first kappa shape index (κ1) is 19.1. The molecule has 1 aliphatic heterocycles. The molecule has 24 heavy (non-hydrogen) atoms. The topological polar surface area (TPSA) is 183 Å². The van der Waals surface area contributed by atoms with Gasteiger partial charge in [-0.2, -0.15) is 4.98 Å². The molecule has 0 fully saturated rings. The number of aromatic amines is 1. The van der Waals surface area contributed by atoms with Gasteiger partial charge in [-0.25, -0.2) is 4.57 Å². The molecule has 0 bridgehead atoms. The Balaban J connectivity index is 2.16. The van der Waals surface area contributed by atoms with Crippen LogP contribution in [-0.4, -0.2) is 50.2 Å². The van der Waals surface area contributed by atoms with Gasteiger partial charge in [0, 0.05) is 16.4 Å². The molecule has 1 aromatic heterocycles. The van der Waals surface area contributed by atoms with E-state index in [1.54, 1.807) is 0 Å². The van der Waals surface area contributed by atoms with Crippen LogP contribution in [0.3, 0.4) is 0 Å². The number of aromatic nitrogens is 2. The molecule has 1 aliphatic rings. The van der Waals surface area contributed by atoms with E-state index in [4.69, 9.17) is 15.5 Å². The molecule has 2 heterocycles. The number of rotatable bonds is 5. The van der Waals surface area contributed by atoms with Crippen molar-refractivity contribution < 1.29 is 24.0 Å². The number of phosphoric acid groups is 1. The lowest BCUT2D eigenvalue weighted by Gasteiger charge is -2.28. The first-order valence-electron chi connectivity index (χ1n) is 6.49. The smallest absolute Gasteiger partial charge is 0.385 e. The first-order chi connectivity index (χ1) is 11.1. The van der Waals surface area contributed by atoms with Gasteiger partial charge in [-0.05, 0) is 0 Å². The summed E-state index contributed by atoms with van der Waals surface area (Å²) in [5, 5.41) is 15.7. The number of fused-ring (bicyclic) bond motifs is 1. The lowest BCUT2D eigenvalue weighted by molar-refractivity contribution is 0.111. The fourth-order valence-corrected chi connectivity index (χ4v) is 2.81. The Kier molecular flexibility index (Phi) is 5.86. The number of aliphatic hydroxyl groups excluding tert-OH is 1. The second-order valence-electron chi connectivity index (χ2n) is 4.83. The summed E-state index contributed by atoms with van der Waals surface area (Å²) in [6, 6.07) is -0.537. The highest BCUT2D eigenvalue weighted by atomic mass is 32.1. The van der Waals surface area contributed by atoms with Gasteiger partial charge in [0.25, 0.3) is 5.56 Å². The summed E-state index contributed by atoms with van der Waals surface area (Å²) in [7, 11) is -4.71. The third-order valence-electron chi connectivity index (χ3n) is 3.04. The van der Waals surface area contributed by atoms with Crippen LogP contribution in [0.2, 0.25) is 0 Å². The maximum atomic E-state index is 11.9. The average Bonchev–Trinajstić information content (AvgIpc) is 2.50. The van der Waals surface area contributed by atoms with Crippen molar-refractivity contribution in [2.75, 3.05) is 29.5 Å². The summed E-state index contributed by atoms with van der Waals surface area (Å²) in [5.41, 5.74) is 5.11. The van der Waals surface area contributed by atoms with Crippen LogP contribution < -0.4 is 21.9 Å². The highest BCUT2D eigenvalue weighted by molar-refractivity contribution is 7.88. The zero-order valence-corrected chi connectivity index (χ0v) is 14.7. The molecule has 11 nitrogen and oxygen atoms in total. The third kappa shape index (κ3) is 4.66. The van der Waals surface area contributed by atoms with Crippen LogP contribution >= 0.6 is 33.1 Å². The molecule has 0 saturated heterocycles. The molecular weight excluding hydrogens is 381 g/mol. The van der Waals surface area contributed by atoms with Gasteiger partial charge in [0.05, 0.1) is 12.6 Å². The number of nitrogens with zero attached hydrogens (tertiary/aromatic N) is 1. The van der Waals surface area contributed by atoms with E-state index in [1.807, 2.05) is 0 Å². The summed E-state index contributed by atoms with van der Waals surface area (Å²) >= 11 is 8.36. The number of aliphatic hydroxyl groups is 1. The standard InChI is InChI=1S/C10H16N5O6PS2/c11-10-14-8-5(9(17)15-10)13-3(1-12-8)6(23)7(24)4(16)2-21-22(18,19)20/h3-4,13,16,23-24H,1-2H2,(H2,18,19,20)(H4,11,12,14,15,17). The zero-order chi connectivity index (χ0) is 18.1. The van der Waals surface area contributed by atoms with Gasteiger partial charge in [0.15, 0.2) is 5.82 Å². The van der Waals surface area contributed by atoms with E-state index in [1.165, 1.54) is 0 Å². The highest BCUT2D eigenvalue weighted by Gasteiger charge is 2.26. The van der Waals surface area contributed by atoms with Crippen molar-refractivity contribution in [2.24, 2.45) is 0 Å². The molecule has 2 atom stereocenters. The minimum absolute atomic E-state index is 0.0342. The third-order valence-corrected chi connectivity index (χ3v) is 4.79. The number of thiol groups is 2. The summed E-state index contributed by atoms with van der Waals surface area (Å²) in [4.78, 5) is 35.7. The largest absolute Gasteiger partial charge is 0.469 e. The number of H-pyrrole nitrogens is 1. The van der Waals surface area contributed by atoms with E-state index in [-0.39, 0.29) is 33.8 Å². The molecule has 0 saturated carbocycles. The number of hydrogen-bond donors (Lipinski definition) is 9. The predicted octanol–water partition coefficient (Wildman–Crippen LogP) is -0.901. The van der Waals surface area contributed by atoms with E-state index in [0.29, 0.717) is 0 Å². The van der Waals surface area contributed by atoms with Crippen LogP contribution in [-0.2, 0) is 9.09 Å². The normalized spacial score (nSPS) is 19.6. The Morgan fingerprint density at radius 1 is 1.50 bits per heavy atom. The molecule has 0 spiro atoms. The van der Waals surface area contributed by atoms with Crippen LogP contribution in [0.1, 0.15) is 0 Å². The Morgan fingerprint density at radius 2 is 2.17 bits per heavy atom. The molecule has 0 radical (unpaired) electrons. The summed E-state index contributed by atoms with van der Waals surface area (Å²) in [6.45, 7) is -0.402. The highest BCUT2D eigenvalue weighted by Crippen LogP contribution is 2.36. The minimum Gasteiger partial charge on any atom is -0.385 e. The summed E-state index contributed by atoms with van der Waals surface area (Å²) in [5.74, 6) is 0.243. The Hall–Kier alpha value is -1.21. The number of nitrogen functional groups attached to an aromatic ring is 1. The van der Waals surface area contributed by atoms with Crippen molar-refractivity contribution in [3.63, 3.8) is 0 Å². The average molecular weight is 397 g/mol. The van der Waals surface area contributed by atoms with Crippen LogP contribution in [0.15, 0.2) is 14.6 Å². The van der Waals surface area contributed by atoms with E-state index < -0.39 is 32.1 Å². The monoisotopic (exact) mass is 397 g/mol. The zero-order valence-electron chi connectivity index (χ0n) is 12.0. The van der Waals surface area contributed by atoms with Gasteiger partial charge in [-0.3, -0.25) is 14.3 Å². The molecule has 2 unspecified atom stereocenters. The molecular formula is C10H16N5O6PS2. The second kappa shape index (κ2) is 7.35. The Morgan fingerprint density at radius 3 is 2.79 bits per heavy atom. The molecule has 0 aliphatic carbocycles. The molecule has 0 amide bonds. The maximum absolute atomic E-state index is 11.9. The van der Waals surface area contributed by atoms with Gasteiger partial charge in [-0.15, -0.1) is 25.3 Å². The van der Waals surface area contributed by atoms with Crippen LogP contribution in [0, 0.1) is 0 Å². The van der Waals surface area contributed by atoms with Gasteiger partial charge in [0.2, 0.25) is 5.95 Å². The van der Waals surface area contributed by atoms with Gasteiger partial charge in [-0.1, -0.05) is 0 Å². The number of phosphoric ester groups is 1. The number of hydrogen-bond acceptors (Lipinski definition) is 10. The Labute approximate surface area is 146 Å². The van der Waals surface area contributed by atoms with Crippen molar-refractivity contribution in [1.82, 2.24) is 9.97 Å². The molecule has 134 valence electrons. The summed E-state index contributed by atoms with van der Waals surface area (Å²) < 4.78 is 14.9. The van der Waals surface area contributed by atoms with Gasteiger partial charge < -0.3 is 31.3 Å². The van der Waals surface area contributed by atoms with Gasteiger partial charge >= 0.3 is 7.82 Å². The predicted molar refractivity (Wildman–Crippen MR) is 94.2 cm³/mol. The molecule has 8 N–H and O–H groups in total. The second-order valence-corrected chi connectivity index (χ2v) is 7.03. The van der Waals surface area contributed by atoms with Crippen LogP contribution in [0.4, 0.5) is 17.5 Å². The number of nitrogens with one attached hydrogen (secondary N) is 3. The van der Waals surface area contributed by atoms with Crippen LogP contribution in [0.5, 0.6) is 0 Å². The number of nitrogens with two attached hydrogens (primary N) is 1.